The van der Waals surface area contributed by atoms with E-state index in [-0.39, 0.29) is 5.91 Å². The van der Waals surface area contributed by atoms with Crippen molar-refractivity contribution in [1.82, 2.24) is 4.98 Å². The molecule has 1 amide bonds. The number of amides is 1. The van der Waals surface area contributed by atoms with Crippen LogP contribution in [0.4, 0.5) is 11.4 Å². The number of thiazole rings is 1. The number of hydrogen-bond acceptors (Lipinski definition) is 4. The van der Waals surface area contributed by atoms with Crippen LogP contribution in [0.2, 0.25) is 0 Å². The molecule has 0 aliphatic heterocycles. The Kier molecular flexibility index (Phi) is 3.44. The largest absolute Gasteiger partial charge is 0.397 e. The van der Waals surface area contributed by atoms with Crippen molar-refractivity contribution >= 4 is 44.5 Å². The molecule has 6 heteroatoms. The number of hydrogen-bond donors (Lipinski definition) is 2. The van der Waals surface area contributed by atoms with Crippen LogP contribution in [-0.4, -0.2) is 10.9 Å². The minimum Gasteiger partial charge on any atom is -0.397 e. The molecule has 0 spiro atoms. The number of carbonyl (C=O) groups excluding carboxylic acids is 1. The molecule has 0 bridgehead atoms. The summed E-state index contributed by atoms with van der Waals surface area (Å²) in [7, 11) is 0. The van der Waals surface area contributed by atoms with E-state index in [4.69, 9.17) is 5.73 Å². The van der Waals surface area contributed by atoms with Gasteiger partial charge < -0.3 is 11.1 Å². The first-order valence-corrected chi connectivity index (χ1v) is 6.52. The molecule has 3 N–H and O–H groups in total. The molecular formula is C11H10BrN3OS. The number of aromatic nitrogens is 1. The summed E-state index contributed by atoms with van der Waals surface area (Å²) >= 11 is 4.75. The van der Waals surface area contributed by atoms with E-state index in [1.165, 1.54) is 11.3 Å². The smallest absolute Gasteiger partial charge is 0.275 e. The summed E-state index contributed by atoms with van der Waals surface area (Å²) in [6, 6.07) is 5.30. The zero-order valence-electron chi connectivity index (χ0n) is 9.03. The molecule has 0 aliphatic rings. The molecule has 1 aromatic heterocycles. The van der Waals surface area contributed by atoms with Gasteiger partial charge in [0.2, 0.25) is 0 Å². The third-order valence-electron chi connectivity index (χ3n) is 2.11. The fourth-order valence-electron chi connectivity index (χ4n) is 1.30. The van der Waals surface area contributed by atoms with Crippen LogP contribution in [-0.2, 0) is 0 Å². The molecule has 4 nitrogen and oxygen atoms in total. The highest BCUT2D eigenvalue weighted by Crippen LogP contribution is 2.23. The van der Waals surface area contributed by atoms with Crippen LogP contribution >= 0.6 is 27.3 Å². The molecule has 0 aliphatic carbocycles. The van der Waals surface area contributed by atoms with E-state index >= 15 is 0 Å². The van der Waals surface area contributed by atoms with Crippen LogP contribution in [0.15, 0.2) is 28.1 Å². The third-order valence-corrected chi connectivity index (χ3v) is 3.38. The van der Waals surface area contributed by atoms with Gasteiger partial charge in [-0.3, -0.25) is 4.79 Å². The number of aryl methyl sites for hydroxylation is 1. The summed E-state index contributed by atoms with van der Waals surface area (Å²) in [6.07, 6.45) is 0. The Morgan fingerprint density at radius 1 is 1.53 bits per heavy atom. The summed E-state index contributed by atoms with van der Waals surface area (Å²) in [5.41, 5.74) is 7.30. The van der Waals surface area contributed by atoms with Crippen LogP contribution in [0.1, 0.15) is 15.5 Å². The van der Waals surface area contributed by atoms with Gasteiger partial charge in [0.1, 0.15) is 5.69 Å². The highest BCUT2D eigenvalue weighted by Gasteiger charge is 2.10. The van der Waals surface area contributed by atoms with E-state index in [1.54, 1.807) is 17.5 Å². The second kappa shape index (κ2) is 4.85. The van der Waals surface area contributed by atoms with Gasteiger partial charge in [-0.15, -0.1) is 11.3 Å². The van der Waals surface area contributed by atoms with Gasteiger partial charge in [0.15, 0.2) is 0 Å². The number of carbonyl (C=O) groups is 1. The van der Waals surface area contributed by atoms with Gasteiger partial charge in [-0.05, 0) is 25.1 Å². The number of benzene rings is 1. The van der Waals surface area contributed by atoms with Crippen LogP contribution in [0.25, 0.3) is 0 Å². The van der Waals surface area contributed by atoms with Crippen molar-refractivity contribution in [2.75, 3.05) is 11.1 Å². The maximum absolute atomic E-state index is 11.8. The molecule has 0 saturated heterocycles. The standard InChI is InChI=1S/C11H10BrN3OS/c1-6-14-10(5-17-6)11(16)15-9-3-2-7(12)4-8(9)13/h2-5H,13H2,1H3,(H,15,16). The lowest BCUT2D eigenvalue weighted by molar-refractivity contribution is 0.102. The molecule has 2 aromatic rings. The first kappa shape index (κ1) is 12.1. The Morgan fingerprint density at radius 3 is 2.88 bits per heavy atom. The quantitative estimate of drug-likeness (QED) is 0.838. The summed E-state index contributed by atoms with van der Waals surface area (Å²) in [6.45, 7) is 1.86. The summed E-state index contributed by atoms with van der Waals surface area (Å²) < 4.78 is 0.873. The Labute approximate surface area is 111 Å². The zero-order chi connectivity index (χ0) is 12.4. The average Bonchev–Trinajstić information content (AvgIpc) is 2.69. The van der Waals surface area contributed by atoms with E-state index in [1.807, 2.05) is 13.0 Å². The molecule has 1 heterocycles. The average molecular weight is 312 g/mol. The SMILES string of the molecule is Cc1nc(C(=O)Nc2ccc(Br)cc2N)cs1. The fraction of sp³-hybridized carbons (Fsp3) is 0.0909. The maximum atomic E-state index is 11.8. The van der Waals surface area contributed by atoms with Crippen molar-refractivity contribution in [3.8, 4) is 0 Å². The van der Waals surface area contributed by atoms with Crippen molar-refractivity contribution in [3.05, 3.63) is 38.8 Å². The second-order valence-corrected chi connectivity index (χ2v) is 5.42. The van der Waals surface area contributed by atoms with E-state index in [9.17, 15) is 4.79 Å². The Morgan fingerprint density at radius 2 is 2.29 bits per heavy atom. The highest BCUT2D eigenvalue weighted by molar-refractivity contribution is 9.10. The first-order valence-electron chi connectivity index (χ1n) is 4.85. The van der Waals surface area contributed by atoms with Crippen molar-refractivity contribution in [2.45, 2.75) is 6.92 Å². The highest BCUT2D eigenvalue weighted by atomic mass is 79.9. The second-order valence-electron chi connectivity index (χ2n) is 3.44. The van der Waals surface area contributed by atoms with Gasteiger partial charge >= 0.3 is 0 Å². The summed E-state index contributed by atoms with van der Waals surface area (Å²) in [5, 5.41) is 5.31. The lowest BCUT2D eigenvalue weighted by Crippen LogP contribution is -2.13. The Balaban J connectivity index is 2.18. The Bertz CT molecular complexity index is 568. The number of rotatable bonds is 2. The first-order chi connectivity index (χ1) is 8.06. The van der Waals surface area contributed by atoms with E-state index in [2.05, 4.69) is 26.2 Å². The molecule has 0 unspecified atom stereocenters. The molecule has 0 fully saturated rings. The van der Waals surface area contributed by atoms with Crippen molar-refractivity contribution < 1.29 is 4.79 Å². The molecule has 88 valence electrons. The number of nitrogens with two attached hydrogens (primary N) is 1. The molecule has 0 radical (unpaired) electrons. The topological polar surface area (TPSA) is 68.0 Å². The van der Waals surface area contributed by atoms with Crippen molar-refractivity contribution in [1.29, 1.82) is 0 Å². The number of anilines is 2. The van der Waals surface area contributed by atoms with Gasteiger partial charge in [-0.2, -0.15) is 0 Å². The third kappa shape index (κ3) is 2.83. The number of nitrogen functional groups attached to an aromatic ring is 1. The molecule has 17 heavy (non-hydrogen) atoms. The monoisotopic (exact) mass is 311 g/mol. The molecule has 1 aromatic carbocycles. The van der Waals surface area contributed by atoms with Gasteiger partial charge in [0.25, 0.3) is 5.91 Å². The number of nitrogens with one attached hydrogen (secondary N) is 1. The van der Waals surface area contributed by atoms with E-state index < -0.39 is 0 Å². The minimum absolute atomic E-state index is 0.247. The van der Waals surface area contributed by atoms with Crippen LogP contribution in [0.3, 0.4) is 0 Å². The summed E-state index contributed by atoms with van der Waals surface area (Å²) in [4.78, 5) is 15.9. The predicted molar refractivity (Wildman–Crippen MR) is 73.4 cm³/mol. The minimum atomic E-state index is -0.247. The molecular weight excluding hydrogens is 302 g/mol. The van der Waals surface area contributed by atoms with Crippen molar-refractivity contribution in [2.24, 2.45) is 0 Å². The van der Waals surface area contributed by atoms with Gasteiger partial charge in [0.05, 0.1) is 16.4 Å². The lowest BCUT2D eigenvalue weighted by Gasteiger charge is -2.06. The zero-order valence-corrected chi connectivity index (χ0v) is 11.4. The van der Waals surface area contributed by atoms with Gasteiger partial charge in [-0.25, -0.2) is 4.98 Å². The predicted octanol–water partition coefficient (Wildman–Crippen LogP) is 3.05. The number of halogens is 1. The van der Waals surface area contributed by atoms with Crippen LogP contribution in [0, 0.1) is 6.92 Å². The van der Waals surface area contributed by atoms with Gasteiger partial charge in [0, 0.05) is 9.85 Å². The Hall–Kier alpha value is -1.40. The maximum Gasteiger partial charge on any atom is 0.275 e. The summed E-state index contributed by atoms with van der Waals surface area (Å²) in [5.74, 6) is -0.247. The molecule has 0 atom stereocenters. The molecule has 2 rings (SSSR count). The number of nitrogens with zero attached hydrogens (tertiary/aromatic N) is 1. The fourth-order valence-corrected chi connectivity index (χ4v) is 2.27. The normalized spacial score (nSPS) is 10.2. The van der Waals surface area contributed by atoms with E-state index in [0.29, 0.717) is 17.1 Å². The van der Waals surface area contributed by atoms with E-state index in [0.717, 1.165) is 9.48 Å². The lowest BCUT2D eigenvalue weighted by atomic mass is 10.2. The van der Waals surface area contributed by atoms with Crippen LogP contribution < -0.4 is 11.1 Å². The van der Waals surface area contributed by atoms with Crippen molar-refractivity contribution in [3.63, 3.8) is 0 Å². The van der Waals surface area contributed by atoms with Gasteiger partial charge in [-0.1, -0.05) is 15.9 Å². The van der Waals surface area contributed by atoms with Crippen LogP contribution in [0.5, 0.6) is 0 Å². The molecule has 0 saturated carbocycles.